The third-order valence-electron chi connectivity index (χ3n) is 3.89. The van der Waals surface area contributed by atoms with Gasteiger partial charge in [-0.05, 0) is 37.8 Å². The van der Waals surface area contributed by atoms with Crippen LogP contribution in [0.5, 0.6) is 0 Å². The number of anilines is 1. The highest BCUT2D eigenvalue weighted by atomic mass is 16.2. The van der Waals surface area contributed by atoms with Crippen molar-refractivity contribution in [3.8, 4) is 11.5 Å². The summed E-state index contributed by atoms with van der Waals surface area (Å²) in [5.74, 6) is 1.31. The van der Waals surface area contributed by atoms with E-state index in [2.05, 4.69) is 25.6 Å². The SMILES string of the molecule is CCc1cc(N[C@H]2CCCCNC2=O)nc(-c2ccccn2)n1. The molecule has 23 heavy (non-hydrogen) atoms. The molecule has 0 radical (unpaired) electrons. The summed E-state index contributed by atoms with van der Waals surface area (Å²) in [6, 6.07) is 7.33. The van der Waals surface area contributed by atoms with Gasteiger partial charge in [0.05, 0.1) is 0 Å². The second kappa shape index (κ2) is 7.17. The van der Waals surface area contributed by atoms with Crippen LogP contribution in [0.3, 0.4) is 0 Å². The molecule has 1 aliphatic rings. The number of nitrogens with one attached hydrogen (secondary N) is 2. The predicted molar refractivity (Wildman–Crippen MR) is 88.9 cm³/mol. The number of aromatic nitrogens is 3. The van der Waals surface area contributed by atoms with E-state index in [0.717, 1.165) is 43.6 Å². The number of nitrogens with zero attached hydrogens (tertiary/aromatic N) is 3. The molecule has 2 N–H and O–H groups in total. The summed E-state index contributed by atoms with van der Waals surface area (Å²) in [5.41, 5.74) is 1.66. The molecule has 1 aliphatic heterocycles. The zero-order valence-electron chi connectivity index (χ0n) is 13.2. The van der Waals surface area contributed by atoms with E-state index in [1.54, 1.807) is 6.20 Å². The second-order valence-electron chi connectivity index (χ2n) is 5.62. The molecule has 1 saturated heterocycles. The number of aryl methyl sites for hydroxylation is 1. The third kappa shape index (κ3) is 3.83. The van der Waals surface area contributed by atoms with E-state index in [9.17, 15) is 4.79 Å². The Kier molecular flexibility index (Phi) is 4.80. The molecule has 2 aromatic rings. The molecule has 0 saturated carbocycles. The maximum absolute atomic E-state index is 12.1. The highest BCUT2D eigenvalue weighted by Crippen LogP contribution is 2.18. The van der Waals surface area contributed by atoms with Crippen molar-refractivity contribution in [2.24, 2.45) is 0 Å². The van der Waals surface area contributed by atoms with E-state index in [4.69, 9.17) is 0 Å². The number of carbonyl (C=O) groups is 1. The second-order valence-corrected chi connectivity index (χ2v) is 5.62. The normalized spacial score (nSPS) is 18.1. The van der Waals surface area contributed by atoms with Crippen molar-refractivity contribution in [1.29, 1.82) is 0 Å². The number of pyridine rings is 1. The van der Waals surface area contributed by atoms with Gasteiger partial charge in [0.15, 0.2) is 5.82 Å². The van der Waals surface area contributed by atoms with Crippen molar-refractivity contribution in [3.05, 3.63) is 36.2 Å². The molecule has 1 amide bonds. The van der Waals surface area contributed by atoms with Crippen molar-refractivity contribution < 1.29 is 4.79 Å². The number of hydrogen-bond acceptors (Lipinski definition) is 5. The zero-order chi connectivity index (χ0) is 16.1. The van der Waals surface area contributed by atoms with Crippen LogP contribution >= 0.6 is 0 Å². The van der Waals surface area contributed by atoms with Crippen LogP contribution in [0.1, 0.15) is 31.9 Å². The quantitative estimate of drug-likeness (QED) is 0.904. The van der Waals surface area contributed by atoms with Crippen LogP contribution in [0.2, 0.25) is 0 Å². The van der Waals surface area contributed by atoms with E-state index in [1.807, 2.05) is 31.2 Å². The fourth-order valence-electron chi connectivity index (χ4n) is 2.62. The first-order chi connectivity index (χ1) is 11.3. The van der Waals surface area contributed by atoms with Gasteiger partial charge in [-0.2, -0.15) is 0 Å². The molecule has 0 unspecified atom stereocenters. The van der Waals surface area contributed by atoms with Gasteiger partial charge in [0.1, 0.15) is 17.6 Å². The lowest BCUT2D eigenvalue weighted by Crippen LogP contribution is -2.38. The van der Waals surface area contributed by atoms with Gasteiger partial charge in [0, 0.05) is 24.5 Å². The molecule has 6 heteroatoms. The Morgan fingerprint density at radius 2 is 2.22 bits per heavy atom. The summed E-state index contributed by atoms with van der Waals surface area (Å²) in [6.45, 7) is 2.80. The lowest BCUT2D eigenvalue weighted by molar-refractivity contribution is -0.121. The van der Waals surface area contributed by atoms with Crippen LogP contribution in [0, 0.1) is 0 Å². The summed E-state index contributed by atoms with van der Waals surface area (Å²) in [6.07, 6.45) is 5.38. The molecule has 3 heterocycles. The molecule has 0 aromatic carbocycles. The van der Waals surface area contributed by atoms with Crippen LogP contribution in [0.4, 0.5) is 5.82 Å². The third-order valence-corrected chi connectivity index (χ3v) is 3.89. The minimum atomic E-state index is -0.242. The van der Waals surface area contributed by atoms with Crippen LogP contribution < -0.4 is 10.6 Å². The van der Waals surface area contributed by atoms with Crippen molar-refractivity contribution >= 4 is 11.7 Å². The summed E-state index contributed by atoms with van der Waals surface area (Å²) in [5, 5.41) is 6.20. The van der Waals surface area contributed by atoms with Crippen molar-refractivity contribution in [2.45, 2.75) is 38.6 Å². The van der Waals surface area contributed by atoms with Crippen LogP contribution in [0.25, 0.3) is 11.5 Å². The smallest absolute Gasteiger partial charge is 0.242 e. The van der Waals surface area contributed by atoms with Gasteiger partial charge in [-0.15, -0.1) is 0 Å². The molecule has 3 rings (SSSR count). The van der Waals surface area contributed by atoms with E-state index in [0.29, 0.717) is 11.6 Å². The standard InChI is InChI=1S/C17H21N5O/c1-2-12-11-15(21-14-8-4-6-10-19-17(14)23)22-16(20-12)13-7-3-5-9-18-13/h3,5,7,9,11,14H,2,4,6,8,10H2,1H3,(H,19,23)(H,20,21,22)/t14-/m0/s1. The Bertz CT molecular complexity index is 674. The zero-order valence-corrected chi connectivity index (χ0v) is 13.2. The molecule has 2 aromatic heterocycles. The first-order valence-corrected chi connectivity index (χ1v) is 8.10. The average Bonchev–Trinajstić information content (AvgIpc) is 2.80. The molecule has 0 spiro atoms. The molecule has 0 aliphatic carbocycles. The summed E-state index contributed by atoms with van der Waals surface area (Å²) >= 11 is 0. The van der Waals surface area contributed by atoms with Gasteiger partial charge in [-0.25, -0.2) is 9.97 Å². The Morgan fingerprint density at radius 1 is 1.30 bits per heavy atom. The Balaban J connectivity index is 1.88. The average molecular weight is 311 g/mol. The van der Waals surface area contributed by atoms with Gasteiger partial charge in [0.2, 0.25) is 5.91 Å². The number of amides is 1. The largest absolute Gasteiger partial charge is 0.358 e. The molecule has 120 valence electrons. The first-order valence-electron chi connectivity index (χ1n) is 8.10. The first kappa shape index (κ1) is 15.4. The van der Waals surface area contributed by atoms with Crippen molar-refractivity contribution in [2.75, 3.05) is 11.9 Å². The van der Waals surface area contributed by atoms with Gasteiger partial charge < -0.3 is 10.6 Å². The lowest BCUT2D eigenvalue weighted by atomic mass is 10.1. The monoisotopic (exact) mass is 311 g/mol. The van der Waals surface area contributed by atoms with E-state index < -0.39 is 0 Å². The predicted octanol–water partition coefficient (Wildman–Crippen LogP) is 2.18. The minimum Gasteiger partial charge on any atom is -0.358 e. The van der Waals surface area contributed by atoms with Gasteiger partial charge >= 0.3 is 0 Å². The number of rotatable bonds is 4. The Hall–Kier alpha value is -2.50. The highest BCUT2D eigenvalue weighted by Gasteiger charge is 2.21. The molecular weight excluding hydrogens is 290 g/mol. The minimum absolute atomic E-state index is 0.0403. The van der Waals surface area contributed by atoms with Crippen LogP contribution in [-0.2, 0) is 11.2 Å². The van der Waals surface area contributed by atoms with Gasteiger partial charge in [-0.1, -0.05) is 13.0 Å². The summed E-state index contributed by atoms with van der Waals surface area (Å²) in [7, 11) is 0. The van der Waals surface area contributed by atoms with Gasteiger partial charge in [0.25, 0.3) is 0 Å². The summed E-state index contributed by atoms with van der Waals surface area (Å²) < 4.78 is 0. The van der Waals surface area contributed by atoms with Gasteiger partial charge in [-0.3, -0.25) is 9.78 Å². The van der Waals surface area contributed by atoms with Crippen LogP contribution in [-0.4, -0.2) is 33.4 Å². The summed E-state index contributed by atoms with van der Waals surface area (Å²) in [4.78, 5) is 25.5. The van der Waals surface area contributed by atoms with E-state index >= 15 is 0 Å². The van der Waals surface area contributed by atoms with Crippen molar-refractivity contribution in [3.63, 3.8) is 0 Å². The van der Waals surface area contributed by atoms with Crippen LogP contribution in [0.15, 0.2) is 30.5 Å². The Labute approximate surface area is 135 Å². The topological polar surface area (TPSA) is 79.8 Å². The Morgan fingerprint density at radius 3 is 3.00 bits per heavy atom. The fourth-order valence-corrected chi connectivity index (χ4v) is 2.62. The van der Waals surface area contributed by atoms with E-state index in [-0.39, 0.29) is 11.9 Å². The fraction of sp³-hybridized carbons (Fsp3) is 0.412. The molecule has 1 fully saturated rings. The van der Waals surface area contributed by atoms with E-state index in [1.165, 1.54) is 0 Å². The highest BCUT2D eigenvalue weighted by molar-refractivity contribution is 5.84. The maximum Gasteiger partial charge on any atom is 0.242 e. The molecular formula is C17H21N5O. The number of hydrogen-bond donors (Lipinski definition) is 2. The molecule has 0 bridgehead atoms. The lowest BCUT2D eigenvalue weighted by Gasteiger charge is -2.16. The molecule has 1 atom stereocenters. The van der Waals surface area contributed by atoms with Crippen molar-refractivity contribution in [1.82, 2.24) is 20.3 Å². The number of carbonyl (C=O) groups excluding carboxylic acids is 1. The maximum atomic E-state index is 12.1. The molecule has 6 nitrogen and oxygen atoms in total.